The molecule has 2 nitrogen and oxygen atoms in total. The van der Waals surface area contributed by atoms with Gasteiger partial charge < -0.3 is 9.80 Å². The van der Waals surface area contributed by atoms with Gasteiger partial charge in [0, 0.05) is 52.5 Å². The van der Waals surface area contributed by atoms with Crippen molar-refractivity contribution in [2.45, 2.75) is 142 Å². The summed E-state index contributed by atoms with van der Waals surface area (Å²) < 4.78 is 5.76. The third-order valence-electron chi connectivity index (χ3n) is 15.1. The fourth-order valence-corrected chi connectivity index (χ4v) is 15.3. The van der Waals surface area contributed by atoms with Gasteiger partial charge in [-0.25, -0.2) is 0 Å². The van der Waals surface area contributed by atoms with Crippen LogP contribution < -0.4 is 24.8 Å². The molecule has 2 aliphatic heterocycles. The minimum atomic E-state index is -0.0774. The number of hydrogen-bond donors (Lipinski definition) is 0. The van der Waals surface area contributed by atoms with Gasteiger partial charge in [0.15, 0.2) is 0 Å². The first-order chi connectivity index (χ1) is 28.5. The molecule has 0 amide bonds. The zero-order chi connectivity index (χ0) is 43.1. The summed E-state index contributed by atoms with van der Waals surface area (Å²) in [7, 11) is 0. The quantitative estimate of drug-likeness (QED) is 0.160. The van der Waals surface area contributed by atoms with Gasteiger partial charge in [-0.3, -0.25) is 0 Å². The zero-order valence-electron chi connectivity index (χ0n) is 38.9. The second-order valence-electron chi connectivity index (χ2n) is 23.7. The Hall–Kier alpha value is -4.32. The van der Waals surface area contributed by atoms with Gasteiger partial charge in [-0.05, 0) is 145 Å². The highest BCUT2D eigenvalue weighted by Crippen LogP contribution is 2.57. The predicted octanol–water partition coefficient (Wildman–Crippen LogP) is 14.7. The van der Waals surface area contributed by atoms with Crippen LogP contribution in [0.1, 0.15) is 143 Å². The number of anilines is 6. The molecule has 0 fully saturated rings. The van der Waals surface area contributed by atoms with Crippen molar-refractivity contribution in [3.05, 3.63) is 124 Å². The summed E-state index contributed by atoms with van der Waals surface area (Å²) in [5, 5.41) is 2.79. The Labute approximate surface area is 373 Å². The predicted molar refractivity (Wildman–Crippen MR) is 270 cm³/mol. The molecule has 7 aromatic rings. The van der Waals surface area contributed by atoms with Crippen LogP contribution in [0.25, 0.3) is 20.2 Å². The van der Waals surface area contributed by atoms with E-state index >= 15 is 0 Å². The Balaban J connectivity index is 1.30. The van der Waals surface area contributed by atoms with E-state index < -0.39 is 0 Å². The Bertz CT molecular complexity index is 3000. The average Bonchev–Trinajstić information content (AvgIpc) is 3.83. The summed E-state index contributed by atoms with van der Waals surface area (Å²) in [5.74, 6) is 0. The molecule has 0 bridgehead atoms. The lowest BCUT2D eigenvalue weighted by Gasteiger charge is -2.43. The van der Waals surface area contributed by atoms with Gasteiger partial charge in [0.2, 0.25) is 0 Å². The van der Waals surface area contributed by atoms with E-state index in [-0.39, 0.29) is 39.2 Å². The number of fused-ring (bicyclic) bond motifs is 10. The molecule has 61 heavy (non-hydrogen) atoms. The summed E-state index contributed by atoms with van der Waals surface area (Å²) >= 11 is 4.12. The molecule has 0 spiro atoms. The summed E-state index contributed by atoms with van der Waals surface area (Å²) in [5.41, 5.74) is 18.5. The van der Waals surface area contributed by atoms with Crippen LogP contribution in [0.3, 0.4) is 0 Å². The molecule has 0 unspecified atom stereocenters. The number of thiophene rings is 2. The summed E-state index contributed by atoms with van der Waals surface area (Å²) in [6.45, 7) is 33.9. The Kier molecular flexibility index (Phi) is 7.93. The molecule has 4 heterocycles. The van der Waals surface area contributed by atoms with Crippen LogP contribution in [0, 0.1) is 0 Å². The Morgan fingerprint density at radius 1 is 0.475 bits per heavy atom. The van der Waals surface area contributed by atoms with Crippen molar-refractivity contribution < 1.29 is 0 Å². The monoisotopic (exact) mass is 836 g/mol. The number of rotatable bonds is 2. The van der Waals surface area contributed by atoms with Crippen LogP contribution in [0.15, 0.2) is 91.0 Å². The SMILES string of the molecule is CC(C)(C)c1ccc(N2c3cc(C(C)(C)C)cc4c3B(c3sc5cc6c(cc5c3N4c3ccccc3)C(C)(C)CC6(C)C)c3sc4cc5c(cc4c32)C(C)(C)CC5(C)C)cc1. The van der Waals surface area contributed by atoms with Crippen LogP contribution in [-0.4, -0.2) is 6.71 Å². The van der Waals surface area contributed by atoms with Crippen LogP contribution in [0.4, 0.5) is 34.1 Å². The molecule has 0 N–H and O–H groups in total. The van der Waals surface area contributed by atoms with Crippen molar-refractivity contribution in [3.8, 4) is 0 Å². The molecule has 0 saturated carbocycles. The second-order valence-corrected chi connectivity index (χ2v) is 25.9. The molecular formula is C56H61BN2S2. The highest BCUT2D eigenvalue weighted by Gasteiger charge is 2.50. The van der Waals surface area contributed by atoms with E-state index in [1.54, 1.807) is 0 Å². The molecule has 5 aromatic carbocycles. The van der Waals surface area contributed by atoms with Crippen LogP contribution in [0.5, 0.6) is 0 Å². The lowest BCUT2D eigenvalue weighted by molar-refractivity contribution is 0.403. The molecular weight excluding hydrogens is 776 g/mol. The van der Waals surface area contributed by atoms with E-state index in [0.29, 0.717) is 0 Å². The molecule has 5 heteroatoms. The number of benzene rings is 5. The van der Waals surface area contributed by atoms with Crippen LogP contribution in [0.2, 0.25) is 0 Å². The molecule has 2 aliphatic carbocycles. The highest BCUT2D eigenvalue weighted by molar-refractivity contribution is 7.40. The first-order valence-electron chi connectivity index (χ1n) is 22.6. The average molecular weight is 837 g/mol. The van der Waals surface area contributed by atoms with Crippen molar-refractivity contribution in [2.75, 3.05) is 9.80 Å². The lowest BCUT2D eigenvalue weighted by atomic mass is 9.39. The van der Waals surface area contributed by atoms with E-state index in [0.717, 1.165) is 12.8 Å². The summed E-state index contributed by atoms with van der Waals surface area (Å²) in [6, 6.07) is 36.4. The van der Waals surface area contributed by atoms with Crippen molar-refractivity contribution in [1.82, 2.24) is 0 Å². The maximum Gasteiger partial charge on any atom is 0.277 e. The number of nitrogens with zero attached hydrogens (tertiary/aromatic N) is 2. The van der Waals surface area contributed by atoms with E-state index in [4.69, 9.17) is 0 Å². The molecule has 11 rings (SSSR count). The molecule has 310 valence electrons. The van der Waals surface area contributed by atoms with Crippen molar-refractivity contribution in [1.29, 1.82) is 0 Å². The van der Waals surface area contributed by atoms with Gasteiger partial charge in [0.1, 0.15) is 0 Å². The fraction of sp³-hybridized carbons (Fsp3) is 0.393. The van der Waals surface area contributed by atoms with Crippen molar-refractivity contribution in [2.24, 2.45) is 0 Å². The minimum absolute atomic E-state index is 0.0639. The van der Waals surface area contributed by atoms with Gasteiger partial charge >= 0.3 is 0 Å². The summed E-state index contributed by atoms with van der Waals surface area (Å²) in [4.78, 5) is 5.35. The van der Waals surface area contributed by atoms with E-state index in [9.17, 15) is 0 Å². The minimum Gasteiger partial charge on any atom is -0.310 e. The Morgan fingerprint density at radius 2 is 0.869 bits per heavy atom. The third-order valence-corrected chi connectivity index (χ3v) is 17.5. The van der Waals surface area contributed by atoms with E-state index in [1.807, 2.05) is 0 Å². The van der Waals surface area contributed by atoms with E-state index in [2.05, 4.69) is 220 Å². The first-order valence-corrected chi connectivity index (χ1v) is 24.3. The molecule has 0 saturated heterocycles. The van der Waals surface area contributed by atoms with Gasteiger partial charge in [0.05, 0.1) is 11.4 Å². The smallest absolute Gasteiger partial charge is 0.277 e. The Morgan fingerprint density at radius 3 is 1.28 bits per heavy atom. The van der Waals surface area contributed by atoms with Crippen molar-refractivity contribution in [3.63, 3.8) is 0 Å². The maximum absolute atomic E-state index is 2.69. The lowest BCUT2D eigenvalue weighted by Crippen LogP contribution is -2.59. The second kappa shape index (κ2) is 12.2. The number of para-hydroxylation sites is 1. The largest absolute Gasteiger partial charge is 0.310 e. The third kappa shape index (κ3) is 5.57. The molecule has 4 aliphatic rings. The standard InChI is InChI=1S/C56H61BN2S2/c1-51(2,3)32-20-22-35(23-21-32)59-43-25-33(52(4,5)6)24-42-46(43)57(50-48(59)37-27-39-41(29-45(37)61-50)56(13,14)31-54(39,9)10)49-47(58(42)34-18-16-15-17-19-34)36-26-38-40(28-44(36)60-49)55(11,12)30-53(38,7)8/h15-29H,30-31H2,1-14H3. The molecule has 0 atom stereocenters. The molecule has 2 aromatic heterocycles. The van der Waals surface area contributed by atoms with Gasteiger partial charge in [-0.2, -0.15) is 0 Å². The van der Waals surface area contributed by atoms with Crippen LogP contribution in [-0.2, 0) is 32.5 Å². The zero-order valence-corrected chi connectivity index (χ0v) is 40.5. The maximum atomic E-state index is 2.69. The van der Waals surface area contributed by atoms with Crippen molar-refractivity contribution >= 4 is 98.7 Å². The molecule has 0 radical (unpaired) electrons. The van der Waals surface area contributed by atoms with Gasteiger partial charge in [-0.15, -0.1) is 22.7 Å². The normalized spacial score (nSPS) is 19.0. The van der Waals surface area contributed by atoms with E-state index in [1.165, 1.54) is 103 Å². The van der Waals surface area contributed by atoms with Crippen LogP contribution >= 0.6 is 22.7 Å². The first kappa shape index (κ1) is 39.5. The summed E-state index contributed by atoms with van der Waals surface area (Å²) in [6.07, 6.45) is 2.32. The fourth-order valence-electron chi connectivity index (χ4n) is 12.5. The topological polar surface area (TPSA) is 6.48 Å². The van der Waals surface area contributed by atoms with Gasteiger partial charge in [-0.1, -0.05) is 127 Å². The number of hydrogen-bond acceptors (Lipinski definition) is 4. The highest BCUT2D eigenvalue weighted by atomic mass is 32.1. The van der Waals surface area contributed by atoms with Gasteiger partial charge in [0.25, 0.3) is 6.71 Å².